The predicted octanol–water partition coefficient (Wildman–Crippen LogP) is -1.93. The molecule has 0 radical (unpaired) electrons. The van der Waals surface area contributed by atoms with Crippen LogP contribution < -0.4 is 27.0 Å². The lowest BCUT2D eigenvalue weighted by Crippen LogP contribution is -2.43. The topological polar surface area (TPSA) is 217 Å². The Balaban J connectivity index is 4.32. The van der Waals surface area contributed by atoms with E-state index in [2.05, 4.69) is 21.3 Å². The molecule has 32 heavy (non-hydrogen) atoms. The van der Waals surface area contributed by atoms with Gasteiger partial charge in [-0.15, -0.1) is 0 Å². The van der Waals surface area contributed by atoms with Crippen LogP contribution in [0.4, 0.5) is 0 Å². The maximum absolute atomic E-state index is 12.0. The first kappa shape index (κ1) is 28.8. The average Bonchev–Trinajstić information content (AvgIpc) is 2.69. The molecule has 13 nitrogen and oxygen atoms in total. The summed E-state index contributed by atoms with van der Waals surface area (Å²) in [6, 6.07) is -3.02. The Morgan fingerprint density at radius 3 is 1.78 bits per heavy atom. The number of unbranched alkanes of at least 4 members (excludes halogenated alkanes) is 1. The van der Waals surface area contributed by atoms with E-state index in [-0.39, 0.29) is 31.6 Å². The van der Waals surface area contributed by atoms with Crippen molar-refractivity contribution in [1.82, 2.24) is 21.3 Å². The van der Waals surface area contributed by atoms with Crippen LogP contribution in [-0.4, -0.2) is 77.5 Å². The lowest BCUT2D eigenvalue weighted by Gasteiger charge is -2.16. The van der Waals surface area contributed by atoms with Gasteiger partial charge in [0, 0.05) is 26.3 Å². The number of hydrogen-bond donors (Lipinski definition) is 7. The third kappa shape index (κ3) is 13.2. The fourth-order valence-electron chi connectivity index (χ4n) is 2.80. The molecule has 0 unspecified atom stereocenters. The minimum absolute atomic E-state index is 0.138. The van der Waals surface area contributed by atoms with Crippen molar-refractivity contribution < 1.29 is 39.0 Å². The highest BCUT2D eigenvalue weighted by atomic mass is 16.4. The summed E-state index contributed by atoms with van der Waals surface area (Å²) >= 11 is 0. The van der Waals surface area contributed by atoms with Gasteiger partial charge in [-0.1, -0.05) is 0 Å². The molecule has 182 valence electrons. The summed E-state index contributed by atoms with van der Waals surface area (Å²) in [4.78, 5) is 68.4. The van der Waals surface area contributed by atoms with Crippen LogP contribution in [0.5, 0.6) is 0 Å². The lowest BCUT2D eigenvalue weighted by molar-refractivity contribution is -0.143. The monoisotopic (exact) mass is 459 g/mol. The first-order valence-corrected chi connectivity index (χ1v) is 10.2. The number of hydrogen-bond acceptors (Lipinski definition) is 7. The number of amides is 4. The first-order chi connectivity index (χ1) is 15.0. The standard InChI is InChI=1S/C19H33N5O8/c1-11(25)23-13(18(29)30)7-9-16(27)24-14(19(31)32)6-8-15(26)22-10-4-3-5-12(21-2)17(20)28/h12-14,21H,3-10H2,1-2H3,(H2,20,28)(H,22,26)(H,23,25)(H,24,27)(H,29,30)(H,31,32)/t12-,13-,14-/m0/s1. The van der Waals surface area contributed by atoms with E-state index in [4.69, 9.17) is 10.8 Å². The van der Waals surface area contributed by atoms with E-state index >= 15 is 0 Å². The van der Waals surface area contributed by atoms with E-state index < -0.39 is 47.8 Å². The van der Waals surface area contributed by atoms with E-state index in [0.717, 1.165) is 6.92 Å². The molecule has 4 amide bonds. The van der Waals surface area contributed by atoms with Gasteiger partial charge in [-0.25, -0.2) is 9.59 Å². The molecule has 0 aromatic carbocycles. The van der Waals surface area contributed by atoms with E-state index in [0.29, 0.717) is 25.8 Å². The van der Waals surface area contributed by atoms with E-state index in [1.165, 1.54) is 0 Å². The third-order valence-electron chi connectivity index (χ3n) is 4.56. The second-order valence-corrected chi connectivity index (χ2v) is 7.22. The van der Waals surface area contributed by atoms with Crippen molar-refractivity contribution in [3.8, 4) is 0 Å². The smallest absolute Gasteiger partial charge is 0.326 e. The summed E-state index contributed by atoms with van der Waals surface area (Å²) in [5, 5.41) is 28.1. The number of carboxylic acid groups (broad SMARTS) is 2. The van der Waals surface area contributed by atoms with Gasteiger partial charge in [0.25, 0.3) is 0 Å². The number of aliphatic carboxylic acids is 2. The van der Waals surface area contributed by atoms with Crippen LogP contribution in [-0.2, 0) is 28.8 Å². The van der Waals surface area contributed by atoms with Gasteiger partial charge in [0.2, 0.25) is 23.6 Å². The number of nitrogens with two attached hydrogens (primary N) is 1. The molecule has 0 aliphatic carbocycles. The molecule has 0 bridgehead atoms. The van der Waals surface area contributed by atoms with Crippen molar-refractivity contribution in [2.24, 2.45) is 5.73 Å². The molecule has 3 atom stereocenters. The minimum atomic E-state index is -1.33. The molecule has 0 fully saturated rings. The third-order valence-corrected chi connectivity index (χ3v) is 4.56. The first-order valence-electron chi connectivity index (χ1n) is 10.2. The molecule has 0 heterocycles. The quantitative estimate of drug-likeness (QED) is 0.120. The van der Waals surface area contributed by atoms with Gasteiger partial charge < -0.3 is 37.2 Å². The van der Waals surface area contributed by atoms with Crippen LogP contribution in [0.15, 0.2) is 0 Å². The van der Waals surface area contributed by atoms with Crippen molar-refractivity contribution in [1.29, 1.82) is 0 Å². The Kier molecular flexibility index (Phi) is 14.0. The molecular weight excluding hydrogens is 426 g/mol. The number of primary amides is 1. The van der Waals surface area contributed by atoms with Gasteiger partial charge in [0.15, 0.2) is 0 Å². The summed E-state index contributed by atoms with van der Waals surface area (Å²) in [5.41, 5.74) is 5.21. The number of nitrogens with one attached hydrogen (secondary N) is 4. The maximum Gasteiger partial charge on any atom is 0.326 e. The van der Waals surface area contributed by atoms with Crippen molar-refractivity contribution in [2.75, 3.05) is 13.6 Å². The summed E-state index contributed by atoms with van der Waals surface area (Å²) in [5.74, 6) is -4.75. The number of rotatable bonds is 17. The summed E-state index contributed by atoms with van der Waals surface area (Å²) < 4.78 is 0. The van der Waals surface area contributed by atoms with Crippen molar-refractivity contribution in [3.63, 3.8) is 0 Å². The second-order valence-electron chi connectivity index (χ2n) is 7.22. The summed E-state index contributed by atoms with van der Waals surface area (Å²) in [7, 11) is 1.63. The van der Waals surface area contributed by atoms with Gasteiger partial charge in [-0.2, -0.15) is 0 Å². The van der Waals surface area contributed by atoms with Crippen LogP contribution in [0, 0.1) is 0 Å². The molecule has 0 aromatic heterocycles. The molecule has 0 aliphatic heterocycles. The Morgan fingerprint density at radius 2 is 1.31 bits per heavy atom. The lowest BCUT2D eigenvalue weighted by atomic mass is 10.1. The van der Waals surface area contributed by atoms with Crippen molar-refractivity contribution in [2.45, 2.75) is 70.0 Å². The molecule has 0 aliphatic rings. The van der Waals surface area contributed by atoms with Crippen LogP contribution in [0.3, 0.4) is 0 Å². The molecule has 0 saturated heterocycles. The van der Waals surface area contributed by atoms with Gasteiger partial charge in [-0.3, -0.25) is 19.2 Å². The Morgan fingerprint density at radius 1 is 0.781 bits per heavy atom. The Hall–Kier alpha value is -3.22. The number of carbonyl (C=O) groups is 6. The minimum Gasteiger partial charge on any atom is -0.480 e. The zero-order chi connectivity index (χ0) is 24.7. The largest absolute Gasteiger partial charge is 0.480 e. The van der Waals surface area contributed by atoms with Crippen molar-refractivity contribution in [3.05, 3.63) is 0 Å². The number of carboxylic acids is 2. The van der Waals surface area contributed by atoms with E-state index in [1.807, 2.05) is 0 Å². The van der Waals surface area contributed by atoms with Crippen LogP contribution in [0.1, 0.15) is 51.9 Å². The van der Waals surface area contributed by atoms with Crippen molar-refractivity contribution >= 4 is 35.6 Å². The van der Waals surface area contributed by atoms with Gasteiger partial charge in [0.05, 0.1) is 6.04 Å². The fourth-order valence-corrected chi connectivity index (χ4v) is 2.80. The molecule has 8 N–H and O–H groups in total. The van der Waals surface area contributed by atoms with Gasteiger partial charge in [0.1, 0.15) is 12.1 Å². The Labute approximate surface area is 185 Å². The normalized spacial score (nSPS) is 13.3. The molecule has 13 heteroatoms. The summed E-state index contributed by atoms with van der Waals surface area (Å²) in [6.45, 7) is 1.49. The molecule has 0 rings (SSSR count). The van der Waals surface area contributed by atoms with Crippen LogP contribution >= 0.6 is 0 Å². The molecular formula is C19H33N5O8. The van der Waals surface area contributed by atoms with Gasteiger partial charge >= 0.3 is 11.9 Å². The number of likely N-dealkylation sites (N-methyl/N-ethyl adjacent to an activating group) is 1. The van der Waals surface area contributed by atoms with Crippen LogP contribution in [0.2, 0.25) is 0 Å². The molecule has 0 spiro atoms. The summed E-state index contributed by atoms with van der Waals surface area (Å²) in [6.07, 6.45) is 0.975. The second kappa shape index (κ2) is 15.6. The van der Waals surface area contributed by atoms with E-state index in [9.17, 15) is 33.9 Å². The predicted molar refractivity (Wildman–Crippen MR) is 112 cm³/mol. The molecule has 0 aromatic rings. The molecule has 0 saturated carbocycles. The zero-order valence-corrected chi connectivity index (χ0v) is 18.3. The highest BCUT2D eigenvalue weighted by Crippen LogP contribution is 2.03. The fraction of sp³-hybridized carbons (Fsp3) is 0.684. The van der Waals surface area contributed by atoms with Crippen LogP contribution in [0.25, 0.3) is 0 Å². The van der Waals surface area contributed by atoms with E-state index in [1.54, 1.807) is 7.05 Å². The SMILES string of the molecule is CN[C@@H](CCCCNC(=O)CC[C@H](NC(=O)CC[C@H](NC(C)=O)C(=O)O)C(=O)O)C(N)=O. The average molecular weight is 460 g/mol. The maximum atomic E-state index is 12.0. The zero-order valence-electron chi connectivity index (χ0n) is 18.3. The number of carbonyl (C=O) groups excluding carboxylic acids is 4. The highest BCUT2D eigenvalue weighted by molar-refractivity contribution is 5.86. The highest BCUT2D eigenvalue weighted by Gasteiger charge is 2.23. The van der Waals surface area contributed by atoms with Gasteiger partial charge in [-0.05, 0) is 39.2 Å². The Bertz CT molecular complexity index is 685.